The maximum atomic E-state index is 3.72. The van der Waals surface area contributed by atoms with Crippen LogP contribution in [0.3, 0.4) is 0 Å². The first-order valence-electron chi connectivity index (χ1n) is 4.62. The molecule has 13 heavy (non-hydrogen) atoms. The zero-order valence-corrected chi connectivity index (χ0v) is 10.6. The quantitative estimate of drug-likeness (QED) is 0.501. The third-order valence-electron chi connectivity index (χ3n) is 2.64. The van der Waals surface area contributed by atoms with E-state index in [0.717, 1.165) is 0 Å². The van der Waals surface area contributed by atoms with Gasteiger partial charge in [0.25, 0.3) is 0 Å². The van der Waals surface area contributed by atoms with Gasteiger partial charge in [-0.05, 0) is 36.8 Å². The Labute approximate surface area is 96.0 Å². The van der Waals surface area contributed by atoms with Crippen LogP contribution in [0.2, 0.25) is 0 Å². The number of rotatable bonds is 0. The molecule has 0 nitrogen and oxygen atoms in total. The molecule has 0 atom stereocenters. The average Bonchev–Trinajstić information content (AvgIpc) is 2.27. The molecule has 1 aliphatic rings. The van der Waals surface area contributed by atoms with Gasteiger partial charge in [-0.2, -0.15) is 0 Å². The highest BCUT2D eigenvalue weighted by molar-refractivity contribution is 9.25. The first-order chi connectivity index (χ1) is 6.17. The minimum Gasteiger partial charge on any atom is -0.0727 e. The fraction of sp³-hybridized carbons (Fsp3) is 0.455. The van der Waals surface area contributed by atoms with Crippen molar-refractivity contribution in [1.82, 2.24) is 0 Å². The molecule has 1 aromatic carbocycles. The van der Waals surface area contributed by atoms with Crippen molar-refractivity contribution in [3.05, 3.63) is 35.4 Å². The summed E-state index contributed by atoms with van der Waals surface area (Å²) in [5.41, 5.74) is 3.03. The number of benzene rings is 1. The van der Waals surface area contributed by atoms with Gasteiger partial charge in [-0.25, -0.2) is 0 Å². The Morgan fingerprint density at radius 2 is 1.38 bits per heavy atom. The summed E-state index contributed by atoms with van der Waals surface area (Å²) in [6.07, 6.45) is 4.69. The molecule has 0 aliphatic heterocycles. The summed E-state index contributed by atoms with van der Waals surface area (Å²) in [4.78, 5) is 0. The molecule has 0 N–H and O–H groups in total. The molecule has 70 valence electrons. The maximum absolute atomic E-state index is 3.72. The molecule has 1 aliphatic carbocycles. The van der Waals surface area contributed by atoms with Crippen LogP contribution in [-0.2, 0) is 12.8 Å². The van der Waals surface area contributed by atoms with Crippen LogP contribution in [0, 0.1) is 0 Å². The smallest absolute Gasteiger partial charge is 0.0727 e. The number of fused-ring (bicyclic) bond motifs is 1. The largest absolute Gasteiger partial charge is 0.0812 e. The van der Waals surface area contributed by atoms with Crippen molar-refractivity contribution in [2.24, 2.45) is 0 Å². The Morgan fingerprint density at radius 1 is 0.923 bits per heavy atom. The summed E-state index contributed by atoms with van der Waals surface area (Å²) in [5.74, 6) is 0. The lowest BCUT2D eigenvalue weighted by Gasteiger charge is -2.16. The topological polar surface area (TPSA) is 0 Å². The lowest BCUT2D eigenvalue weighted by atomic mass is 10.0. The van der Waals surface area contributed by atoms with Gasteiger partial charge in [-0.15, -0.1) is 0 Å². The molecule has 0 aromatic heterocycles. The number of halogens is 2. The van der Waals surface area contributed by atoms with E-state index in [0.29, 0.717) is 0 Å². The van der Waals surface area contributed by atoms with Crippen molar-refractivity contribution in [2.45, 2.75) is 28.9 Å². The Morgan fingerprint density at radius 3 is 1.85 bits per heavy atom. The molecule has 2 rings (SSSR count). The van der Waals surface area contributed by atoms with E-state index in [9.17, 15) is 0 Å². The van der Waals surface area contributed by atoms with E-state index in [4.69, 9.17) is 0 Å². The van der Waals surface area contributed by atoms with Crippen LogP contribution >= 0.6 is 31.9 Å². The molecule has 0 spiro atoms. The standard InChI is InChI=1S/C11H12Br2/c12-11(13)7-5-9-3-1-2-4-10(9)6-8-11/h1-4H,5-8H2. The Balaban J connectivity index is 2.27. The molecular formula is C11H12Br2. The van der Waals surface area contributed by atoms with Gasteiger partial charge in [0.15, 0.2) is 0 Å². The summed E-state index contributed by atoms with van der Waals surface area (Å²) in [6.45, 7) is 0. The van der Waals surface area contributed by atoms with Crippen LogP contribution < -0.4 is 0 Å². The van der Waals surface area contributed by atoms with Gasteiger partial charge < -0.3 is 0 Å². The molecule has 0 bridgehead atoms. The highest BCUT2D eigenvalue weighted by Gasteiger charge is 2.25. The van der Waals surface area contributed by atoms with E-state index in [-0.39, 0.29) is 3.23 Å². The van der Waals surface area contributed by atoms with Crippen LogP contribution in [0.1, 0.15) is 24.0 Å². The van der Waals surface area contributed by atoms with E-state index in [1.807, 2.05) is 0 Å². The number of alkyl halides is 2. The van der Waals surface area contributed by atoms with Gasteiger partial charge in [0.1, 0.15) is 0 Å². The van der Waals surface area contributed by atoms with Crippen molar-refractivity contribution >= 4 is 31.9 Å². The predicted octanol–water partition coefficient (Wildman–Crippen LogP) is 4.05. The van der Waals surface area contributed by atoms with E-state index in [1.54, 1.807) is 0 Å². The first-order valence-corrected chi connectivity index (χ1v) is 6.21. The van der Waals surface area contributed by atoms with Gasteiger partial charge >= 0.3 is 0 Å². The van der Waals surface area contributed by atoms with Gasteiger partial charge in [-0.3, -0.25) is 0 Å². The lowest BCUT2D eigenvalue weighted by Crippen LogP contribution is -2.10. The van der Waals surface area contributed by atoms with Gasteiger partial charge in [0.2, 0.25) is 0 Å². The van der Waals surface area contributed by atoms with Crippen molar-refractivity contribution in [3.8, 4) is 0 Å². The molecule has 0 heterocycles. The Hall–Kier alpha value is 0.180. The monoisotopic (exact) mass is 302 g/mol. The average molecular weight is 304 g/mol. The number of aryl methyl sites for hydroxylation is 2. The van der Waals surface area contributed by atoms with E-state index < -0.39 is 0 Å². The normalized spacial score (nSPS) is 20.5. The number of hydrogen-bond donors (Lipinski definition) is 0. The van der Waals surface area contributed by atoms with E-state index in [2.05, 4.69) is 56.1 Å². The summed E-state index contributed by atoms with van der Waals surface area (Å²) in [7, 11) is 0. The van der Waals surface area contributed by atoms with Gasteiger partial charge in [0.05, 0.1) is 3.23 Å². The maximum Gasteiger partial charge on any atom is 0.0812 e. The zero-order valence-electron chi connectivity index (χ0n) is 7.39. The number of hydrogen-bond acceptors (Lipinski definition) is 0. The lowest BCUT2D eigenvalue weighted by molar-refractivity contribution is 0.707. The SMILES string of the molecule is BrC1(Br)CCc2ccccc2CC1. The van der Waals surface area contributed by atoms with Crippen LogP contribution in [0.5, 0.6) is 0 Å². The molecule has 0 radical (unpaired) electrons. The minimum atomic E-state index is 0.166. The molecule has 0 saturated heterocycles. The van der Waals surface area contributed by atoms with Crippen molar-refractivity contribution < 1.29 is 0 Å². The summed E-state index contributed by atoms with van der Waals surface area (Å²) in [6, 6.07) is 8.76. The molecule has 0 fully saturated rings. The predicted molar refractivity (Wildman–Crippen MR) is 63.7 cm³/mol. The summed E-state index contributed by atoms with van der Waals surface area (Å²) < 4.78 is 0.166. The van der Waals surface area contributed by atoms with Crippen LogP contribution in [0.25, 0.3) is 0 Å². The fourth-order valence-corrected chi connectivity index (χ4v) is 2.60. The van der Waals surface area contributed by atoms with E-state index in [1.165, 1.54) is 36.8 Å². The van der Waals surface area contributed by atoms with Crippen LogP contribution in [-0.4, -0.2) is 3.23 Å². The molecule has 2 heteroatoms. The first kappa shape index (κ1) is 9.72. The molecule has 0 saturated carbocycles. The second-order valence-electron chi connectivity index (χ2n) is 3.62. The van der Waals surface area contributed by atoms with Gasteiger partial charge in [-0.1, -0.05) is 56.1 Å². The highest BCUT2D eigenvalue weighted by Crippen LogP contribution is 2.39. The van der Waals surface area contributed by atoms with Crippen LogP contribution in [0.15, 0.2) is 24.3 Å². The third kappa shape index (κ3) is 2.35. The molecule has 0 amide bonds. The fourth-order valence-electron chi connectivity index (χ4n) is 1.81. The minimum absolute atomic E-state index is 0.166. The van der Waals surface area contributed by atoms with Crippen molar-refractivity contribution in [2.75, 3.05) is 0 Å². The van der Waals surface area contributed by atoms with Gasteiger partial charge in [0, 0.05) is 0 Å². The second-order valence-corrected chi connectivity index (χ2v) is 7.72. The van der Waals surface area contributed by atoms with Crippen LogP contribution in [0.4, 0.5) is 0 Å². The highest BCUT2D eigenvalue weighted by atomic mass is 79.9. The molecular weight excluding hydrogens is 292 g/mol. The molecule has 0 unspecified atom stereocenters. The second kappa shape index (κ2) is 3.74. The molecule has 1 aromatic rings. The van der Waals surface area contributed by atoms with Crippen molar-refractivity contribution in [1.29, 1.82) is 0 Å². The Kier molecular flexibility index (Phi) is 2.80. The zero-order chi connectivity index (χ0) is 9.31. The van der Waals surface area contributed by atoms with E-state index >= 15 is 0 Å². The summed E-state index contributed by atoms with van der Waals surface area (Å²) >= 11 is 7.44. The Bertz CT molecular complexity index is 276. The van der Waals surface area contributed by atoms with Crippen molar-refractivity contribution in [3.63, 3.8) is 0 Å². The third-order valence-corrected chi connectivity index (χ3v) is 4.22. The summed E-state index contributed by atoms with van der Waals surface area (Å²) in [5, 5.41) is 0.